The molecule has 0 unspecified atom stereocenters. The summed E-state index contributed by atoms with van der Waals surface area (Å²) in [7, 11) is 0. The summed E-state index contributed by atoms with van der Waals surface area (Å²) in [6, 6.07) is 8.42. The molecule has 2 heterocycles. The summed E-state index contributed by atoms with van der Waals surface area (Å²) < 4.78 is 5.22. The van der Waals surface area contributed by atoms with Crippen LogP contribution in [0.3, 0.4) is 0 Å². The highest BCUT2D eigenvalue weighted by Crippen LogP contribution is 2.21. The van der Waals surface area contributed by atoms with E-state index in [0.29, 0.717) is 0 Å². The van der Waals surface area contributed by atoms with E-state index in [4.69, 9.17) is 0 Å². The van der Waals surface area contributed by atoms with E-state index < -0.39 is 0 Å². The van der Waals surface area contributed by atoms with Crippen LogP contribution in [0.15, 0.2) is 41.3 Å². The summed E-state index contributed by atoms with van der Waals surface area (Å²) in [5.74, 6) is 0.984. The first-order valence-electron chi connectivity index (χ1n) is 5.89. The van der Waals surface area contributed by atoms with E-state index in [1.54, 1.807) is 6.33 Å². The van der Waals surface area contributed by atoms with Crippen molar-refractivity contribution in [2.45, 2.75) is 20.0 Å². The number of halogens is 1. The van der Waals surface area contributed by atoms with Crippen LogP contribution in [-0.2, 0) is 13.1 Å². The molecule has 0 saturated heterocycles. The predicted molar refractivity (Wildman–Crippen MR) is 74.4 cm³/mol. The minimum Gasteiger partial charge on any atom is -0.340 e. The maximum absolute atomic E-state index is 4.31. The average Bonchev–Trinajstić information content (AvgIpc) is 2.96. The Labute approximate surface area is 113 Å². The number of aryl methyl sites for hydroxylation is 1. The second-order valence-electron chi connectivity index (χ2n) is 4.14. The molecule has 0 amide bonds. The van der Waals surface area contributed by atoms with Crippen LogP contribution < -0.4 is 0 Å². The zero-order valence-corrected chi connectivity index (χ0v) is 11.6. The summed E-state index contributed by atoms with van der Waals surface area (Å²) in [5.41, 5.74) is 1.21. The highest BCUT2D eigenvalue weighted by atomic mass is 79.9. The molecule has 0 N–H and O–H groups in total. The molecule has 0 aliphatic rings. The van der Waals surface area contributed by atoms with Crippen molar-refractivity contribution >= 4 is 26.8 Å². The molecule has 1 aromatic carbocycles. The van der Waals surface area contributed by atoms with Crippen molar-refractivity contribution in [3.63, 3.8) is 0 Å². The van der Waals surface area contributed by atoms with Gasteiger partial charge in [0.2, 0.25) is 0 Å². The summed E-state index contributed by atoms with van der Waals surface area (Å²) in [5, 5.41) is 5.42. The van der Waals surface area contributed by atoms with Crippen LogP contribution in [0.5, 0.6) is 0 Å². The van der Waals surface area contributed by atoms with E-state index >= 15 is 0 Å². The molecular formula is C13H13BrN4. The van der Waals surface area contributed by atoms with Gasteiger partial charge in [0, 0.05) is 28.1 Å². The lowest BCUT2D eigenvalue weighted by atomic mass is 10.2. The van der Waals surface area contributed by atoms with Crippen LogP contribution in [0.25, 0.3) is 10.9 Å². The van der Waals surface area contributed by atoms with E-state index in [1.807, 2.05) is 4.68 Å². The van der Waals surface area contributed by atoms with E-state index in [-0.39, 0.29) is 0 Å². The van der Waals surface area contributed by atoms with Crippen LogP contribution in [0.1, 0.15) is 12.7 Å². The lowest BCUT2D eigenvalue weighted by molar-refractivity contribution is 0.597. The Morgan fingerprint density at radius 3 is 3.00 bits per heavy atom. The fourth-order valence-corrected chi connectivity index (χ4v) is 2.51. The Morgan fingerprint density at radius 2 is 2.17 bits per heavy atom. The highest BCUT2D eigenvalue weighted by Gasteiger charge is 2.06. The quantitative estimate of drug-likeness (QED) is 0.745. The second kappa shape index (κ2) is 4.57. The zero-order chi connectivity index (χ0) is 12.5. The maximum Gasteiger partial charge on any atom is 0.146 e. The molecule has 4 nitrogen and oxygen atoms in total. The van der Waals surface area contributed by atoms with Crippen molar-refractivity contribution in [3.05, 3.63) is 47.1 Å². The van der Waals surface area contributed by atoms with Crippen LogP contribution in [-0.4, -0.2) is 19.3 Å². The van der Waals surface area contributed by atoms with Crippen molar-refractivity contribution < 1.29 is 0 Å². The standard InChI is InChI=1S/C13H13BrN4/c1-2-18-13(15-9-16-18)8-17-6-5-10-7-11(14)3-4-12(10)17/h3-7,9H,2,8H2,1H3. The van der Waals surface area contributed by atoms with Crippen LogP contribution in [0.4, 0.5) is 0 Å². The van der Waals surface area contributed by atoms with Crippen LogP contribution >= 0.6 is 15.9 Å². The minimum absolute atomic E-state index is 0.749. The fourth-order valence-electron chi connectivity index (χ4n) is 2.14. The monoisotopic (exact) mass is 304 g/mol. The number of hydrogen-bond donors (Lipinski definition) is 0. The SMILES string of the molecule is CCn1ncnc1Cn1ccc2cc(Br)ccc21. The molecule has 0 atom stereocenters. The van der Waals surface area contributed by atoms with Gasteiger partial charge in [-0.25, -0.2) is 9.67 Å². The Bertz CT molecular complexity index is 683. The molecule has 18 heavy (non-hydrogen) atoms. The van der Waals surface area contributed by atoms with Crippen molar-refractivity contribution in [1.29, 1.82) is 0 Å². The summed E-state index contributed by atoms with van der Waals surface area (Å²) in [4.78, 5) is 4.31. The first-order chi connectivity index (χ1) is 8.78. The molecule has 92 valence electrons. The fraction of sp³-hybridized carbons (Fsp3) is 0.231. The molecule has 0 fully saturated rings. The van der Waals surface area contributed by atoms with Gasteiger partial charge in [0.25, 0.3) is 0 Å². The second-order valence-corrected chi connectivity index (χ2v) is 5.05. The van der Waals surface area contributed by atoms with Crippen LogP contribution in [0.2, 0.25) is 0 Å². The molecule has 3 aromatic rings. The Hall–Kier alpha value is -1.62. The summed E-state index contributed by atoms with van der Waals surface area (Å²) in [6.45, 7) is 3.67. The van der Waals surface area contributed by atoms with Gasteiger partial charge in [-0.15, -0.1) is 0 Å². The molecule has 0 bridgehead atoms. The molecule has 3 rings (SSSR count). The summed E-state index contributed by atoms with van der Waals surface area (Å²) >= 11 is 3.49. The van der Waals surface area contributed by atoms with Gasteiger partial charge >= 0.3 is 0 Å². The number of hydrogen-bond acceptors (Lipinski definition) is 2. The van der Waals surface area contributed by atoms with Crippen molar-refractivity contribution in [2.24, 2.45) is 0 Å². The van der Waals surface area contributed by atoms with Gasteiger partial charge in [-0.3, -0.25) is 0 Å². The molecule has 5 heteroatoms. The lowest BCUT2D eigenvalue weighted by Gasteiger charge is -2.06. The Kier molecular flexibility index (Phi) is 2.91. The maximum atomic E-state index is 4.31. The Balaban J connectivity index is 2.00. The largest absolute Gasteiger partial charge is 0.340 e. The molecule has 0 aliphatic heterocycles. The third kappa shape index (κ3) is 1.95. The normalized spacial score (nSPS) is 11.2. The number of aromatic nitrogens is 4. The topological polar surface area (TPSA) is 35.6 Å². The number of rotatable bonds is 3. The van der Waals surface area contributed by atoms with Gasteiger partial charge in [-0.05, 0) is 31.2 Å². The van der Waals surface area contributed by atoms with E-state index in [1.165, 1.54) is 10.9 Å². The van der Waals surface area contributed by atoms with Gasteiger partial charge < -0.3 is 4.57 Å². The molecule has 0 radical (unpaired) electrons. The lowest BCUT2D eigenvalue weighted by Crippen LogP contribution is -2.08. The van der Waals surface area contributed by atoms with Gasteiger partial charge in [-0.1, -0.05) is 15.9 Å². The van der Waals surface area contributed by atoms with E-state index in [2.05, 4.69) is 68.0 Å². The van der Waals surface area contributed by atoms with Gasteiger partial charge in [0.1, 0.15) is 12.2 Å². The zero-order valence-electron chi connectivity index (χ0n) is 10.0. The Morgan fingerprint density at radius 1 is 1.28 bits per heavy atom. The molecule has 2 aromatic heterocycles. The predicted octanol–water partition coefficient (Wildman–Crippen LogP) is 3.06. The van der Waals surface area contributed by atoms with Gasteiger partial charge in [0.05, 0.1) is 6.54 Å². The first-order valence-corrected chi connectivity index (χ1v) is 6.68. The third-order valence-electron chi connectivity index (χ3n) is 3.04. The van der Waals surface area contributed by atoms with E-state index in [0.717, 1.165) is 23.4 Å². The smallest absolute Gasteiger partial charge is 0.146 e. The van der Waals surface area contributed by atoms with E-state index in [9.17, 15) is 0 Å². The van der Waals surface area contributed by atoms with Crippen molar-refractivity contribution in [1.82, 2.24) is 19.3 Å². The van der Waals surface area contributed by atoms with Crippen LogP contribution in [0, 0.1) is 0 Å². The van der Waals surface area contributed by atoms with Gasteiger partial charge in [0.15, 0.2) is 0 Å². The minimum atomic E-state index is 0.749. The van der Waals surface area contributed by atoms with Gasteiger partial charge in [-0.2, -0.15) is 5.10 Å². The van der Waals surface area contributed by atoms with Crippen molar-refractivity contribution in [2.75, 3.05) is 0 Å². The summed E-state index contributed by atoms with van der Waals surface area (Å²) in [6.07, 6.45) is 3.70. The number of nitrogens with zero attached hydrogens (tertiary/aromatic N) is 4. The third-order valence-corrected chi connectivity index (χ3v) is 3.53. The number of benzene rings is 1. The first kappa shape index (κ1) is 11.5. The average molecular weight is 305 g/mol. The molecular weight excluding hydrogens is 292 g/mol. The highest BCUT2D eigenvalue weighted by molar-refractivity contribution is 9.10. The molecule has 0 saturated carbocycles. The molecule has 0 spiro atoms. The number of fused-ring (bicyclic) bond motifs is 1. The van der Waals surface area contributed by atoms with Crippen molar-refractivity contribution in [3.8, 4) is 0 Å². The molecule has 0 aliphatic carbocycles.